The van der Waals surface area contributed by atoms with Crippen molar-refractivity contribution in [1.82, 2.24) is 0 Å². The summed E-state index contributed by atoms with van der Waals surface area (Å²) in [7, 11) is 1.57. The summed E-state index contributed by atoms with van der Waals surface area (Å²) in [4.78, 5) is 12.5. The maximum atomic E-state index is 12.5. The normalized spacial score (nSPS) is 10.7. The Morgan fingerprint density at radius 1 is 1.04 bits per heavy atom. The highest BCUT2D eigenvalue weighted by molar-refractivity contribution is 5.79. The summed E-state index contributed by atoms with van der Waals surface area (Å²) < 4.78 is 16.3. The molecule has 0 bridgehead atoms. The number of methoxy groups -OCH3 is 1. The maximum Gasteiger partial charge on any atom is 0.235 e. The van der Waals surface area contributed by atoms with Crippen LogP contribution in [0.1, 0.15) is 18.9 Å². The molecule has 3 aromatic rings. The minimum atomic E-state index is -0.202. The zero-order chi connectivity index (χ0) is 16.2. The Labute approximate surface area is 134 Å². The van der Waals surface area contributed by atoms with Gasteiger partial charge >= 0.3 is 0 Å². The molecule has 0 aliphatic carbocycles. The van der Waals surface area contributed by atoms with Gasteiger partial charge in [0.05, 0.1) is 12.5 Å². The first-order chi connectivity index (χ1) is 11.2. The molecule has 118 valence electrons. The minimum absolute atomic E-state index is 0.172. The van der Waals surface area contributed by atoms with E-state index in [2.05, 4.69) is 6.92 Å². The number of rotatable bonds is 5. The van der Waals surface area contributed by atoms with Gasteiger partial charge in [-0.1, -0.05) is 25.5 Å². The van der Waals surface area contributed by atoms with Gasteiger partial charge in [-0.25, -0.2) is 0 Å². The molecule has 0 aliphatic heterocycles. The Morgan fingerprint density at radius 2 is 1.78 bits per heavy atom. The van der Waals surface area contributed by atoms with Gasteiger partial charge in [0, 0.05) is 6.07 Å². The maximum absolute atomic E-state index is 12.5. The standard InChI is InChI=1S/C19H18O4/c1-3-4-13-5-7-14(8-6-13)23-18-12-22-17-11-15(21-2)9-10-16(17)19(18)20/h5-12H,3-4H2,1-2H3. The van der Waals surface area contributed by atoms with Crippen LogP contribution in [0, 0.1) is 0 Å². The molecule has 4 heteroatoms. The average Bonchev–Trinajstić information content (AvgIpc) is 2.59. The van der Waals surface area contributed by atoms with Crippen molar-refractivity contribution >= 4 is 11.0 Å². The summed E-state index contributed by atoms with van der Waals surface area (Å²) in [6.45, 7) is 2.14. The summed E-state index contributed by atoms with van der Waals surface area (Å²) in [5, 5.41) is 0.464. The Balaban J connectivity index is 1.91. The average molecular weight is 310 g/mol. The third kappa shape index (κ3) is 3.21. The summed E-state index contributed by atoms with van der Waals surface area (Å²) in [6, 6.07) is 12.8. The topological polar surface area (TPSA) is 48.7 Å². The smallest absolute Gasteiger partial charge is 0.235 e. The van der Waals surface area contributed by atoms with Crippen molar-refractivity contribution in [3.05, 3.63) is 64.5 Å². The molecular weight excluding hydrogens is 292 g/mol. The molecule has 0 unspecified atom stereocenters. The van der Waals surface area contributed by atoms with E-state index >= 15 is 0 Å². The van der Waals surface area contributed by atoms with Crippen LogP contribution in [0.3, 0.4) is 0 Å². The molecule has 0 atom stereocenters. The lowest BCUT2D eigenvalue weighted by Crippen LogP contribution is -2.05. The highest BCUT2D eigenvalue weighted by Gasteiger charge is 2.10. The van der Waals surface area contributed by atoms with Gasteiger partial charge in [-0.2, -0.15) is 0 Å². The Bertz CT molecular complexity index is 863. The third-order valence-corrected chi connectivity index (χ3v) is 3.64. The molecule has 23 heavy (non-hydrogen) atoms. The second-order valence-electron chi connectivity index (χ2n) is 5.29. The first-order valence-electron chi connectivity index (χ1n) is 7.57. The molecule has 0 saturated carbocycles. The Morgan fingerprint density at radius 3 is 2.48 bits per heavy atom. The zero-order valence-corrected chi connectivity index (χ0v) is 13.2. The van der Waals surface area contributed by atoms with Crippen LogP contribution in [-0.2, 0) is 6.42 Å². The van der Waals surface area contributed by atoms with E-state index in [9.17, 15) is 4.79 Å². The molecule has 0 radical (unpaired) electrons. The zero-order valence-electron chi connectivity index (χ0n) is 13.2. The van der Waals surface area contributed by atoms with Gasteiger partial charge in [-0.15, -0.1) is 0 Å². The second-order valence-corrected chi connectivity index (χ2v) is 5.29. The summed E-state index contributed by atoms with van der Waals surface area (Å²) in [6.07, 6.45) is 3.46. The quantitative estimate of drug-likeness (QED) is 0.694. The van der Waals surface area contributed by atoms with Crippen LogP contribution in [0.2, 0.25) is 0 Å². The first-order valence-corrected chi connectivity index (χ1v) is 7.57. The summed E-state index contributed by atoms with van der Waals surface area (Å²) in [5.74, 6) is 1.43. The van der Waals surface area contributed by atoms with E-state index in [-0.39, 0.29) is 11.2 Å². The van der Waals surface area contributed by atoms with Gasteiger partial charge in [0.1, 0.15) is 23.3 Å². The van der Waals surface area contributed by atoms with E-state index in [0.29, 0.717) is 22.5 Å². The van der Waals surface area contributed by atoms with Crippen molar-refractivity contribution in [2.45, 2.75) is 19.8 Å². The predicted molar refractivity (Wildman–Crippen MR) is 89.5 cm³/mol. The molecule has 3 rings (SSSR count). The fraction of sp³-hybridized carbons (Fsp3) is 0.211. The SMILES string of the molecule is CCCc1ccc(Oc2coc3cc(OC)ccc3c2=O)cc1. The number of hydrogen-bond donors (Lipinski definition) is 0. The third-order valence-electron chi connectivity index (χ3n) is 3.64. The van der Waals surface area contributed by atoms with E-state index in [1.54, 1.807) is 25.3 Å². The van der Waals surface area contributed by atoms with Crippen LogP contribution < -0.4 is 14.9 Å². The molecule has 1 heterocycles. The fourth-order valence-electron chi connectivity index (χ4n) is 2.43. The lowest BCUT2D eigenvalue weighted by atomic mass is 10.1. The van der Waals surface area contributed by atoms with E-state index in [0.717, 1.165) is 12.8 Å². The molecule has 4 nitrogen and oxygen atoms in total. The van der Waals surface area contributed by atoms with Crippen LogP contribution in [0.4, 0.5) is 0 Å². The Kier molecular flexibility index (Phi) is 4.33. The molecule has 2 aromatic carbocycles. The molecule has 1 aromatic heterocycles. The molecule has 0 N–H and O–H groups in total. The molecular formula is C19H18O4. The number of ether oxygens (including phenoxy) is 2. The summed E-state index contributed by atoms with van der Waals surface area (Å²) >= 11 is 0. The highest BCUT2D eigenvalue weighted by Crippen LogP contribution is 2.24. The van der Waals surface area contributed by atoms with Crippen LogP contribution in [0.25, 0.3) is 11.0 Å². The van der Waals surface area contributed by atoms with Gasteiger partial charge in [-0.3, -0.25) is 4.79 Å². The molecule has 0 saturated heterocycles. The van der Waals surface area contributed by atoms with E-state index in [1.165, 1.54) is 11.8 Å². The first kappa shape index (κ1) is 15.2. The monoisotopic (exact) mass is 310 g/mol. The minimum Gasteiger partial charge on any atom is -0.497 e. The largest absolute Gasteiger partial charge is 0.497 e. The fourth-order valence-corrected chi connectivity index (χ4v) is 2.43. The van der Waals surface area contributed by atoms with Crippen LogP contribution in [0.5, 0.6) is 17.2 Å². The van der Waals surface area contributed by atoms with E-state index < -0.39 is 0 Å². The molecule has 0 aliphatic rings. The highest BCUT2D eigenvalue weighted by atomic mass is 16.5. The number of aryl methyl sites for hydroxylation is 1. The molecule has 0 spiro atoms. The van der Waals surface area contributed by atoms with Crippen LogP contribution in [0.15, 0.2) is 57.9 Å². The van der Waals surface area contributed by atoms with E-state index in [4.69, 9.17) is 13.9 Å². The Hall–Kier alpha value is -2.75. The van der Waals surface area contributed by atoms with Crippen LogP contribution in [-0.4, -0.2) is 7.11 Å². The van der Waals surface area contributed by atoms with Gasteiger partial charge in [0.2, 0.25) is 11.2 Å². The second kappa shape index (κ2) is 6.57. The summed E-state index contributed by atoms with van der Waals surface area (Å²) in [5.41, 5.74) is 1.52. The predicted octanol–water partition coefficient (Wildman–Crippen LogP) is 4.55. The number of fused-ring (bicyclic) bond motifs is 1. The van der Waals surface area contributed by atoms with E-state index in [1.807, 2.05) is 24.3 Å². The van der Waals surface area contributed by atoms with Crippen molar-refractivity contribution in [3.63, 3.8) is 0 Å². The van der Waals surface area contributed by atoms with Crippen molar-refractivity contribution in [2.75, 3.05) is 7.11 Å². The van der Waals surface area contributed by atoms with Crippen molar-refractivity contribution in [1.29, 1.82) is 0 Å². The number of benzene rings is 2. The van der Waals surface area contributed by atoms with Gasteiger partial charge in [0.15, 0.2) is 0 Å². The van der Waals surface area contributed by atoms with Gasteiger partial charge in [-0.05, 0) is 36.2 Å². The number of hydrogen-bond acceptors (Lipinski definition) is 4. The van der Waals surface area contributed by atoms with Crippen LogP contribution >= 0.6 is 0 Å². The molecule has 0 fully saturated rings. The lowest BCUT2D eigenvalue weighted by molar-refractivity contribution is 0.413. The van der Waals surface area contributed by atoms with Crippen molar-refractivity contribution in [3.8, 4) is 17.2 Å². The van der Waals surface area contributed by atoms with Gasteiger partial charge < -0.3 is 13.9 Å². The van der Waals surface area contributed by atoms with Crippen molar-refractivity contribution in [2.24, 2.45) is 0 Å². The van der Waals surface area contributed by atoms with Gasteiger partial charge in [0.25, 0.3) is 0 Å². The lowest BCUT2D eigenvalue weighted by Gasteiger charge is -2.07. The molecule has 0 amide bonds. The van der Waals surface area contributed by atoms with Crippen molar-refractivity contribution < 1.29 is 13.9 Å².